The molecule has 1 aromatic heterocycles. The Morgan fingerprint density at radius 3 is 2.55 bits per heavy atom. The number of amidine groups is 1. The fourth-order valence-corrected chi connectivity index (χ4v) is 3.95. The van der Waals surface area contributed by atoms with Crippen LogP contribution in [0.25, 0.3) is 5.69 Å². The molecule has 0 amide bonds. The fourth-order valence-electron chi connectivity index (χ4n) is 3.95. The number of benzene rings is 2. The third-order valence-corrected chi connectivity index (χ3v) is 5.68. The lowest BCUT2D eigenvalue weighted by molar-refractivity contribution is 0.175. The van der Waals surface area contributed by atoms with Gasteiger partial charge in [-0.25, -0.2) is 13.8 Å². The number of aliphatic imine (C=N–C) groups is 1. The Labute approximate surface area is 191 Å². The Morgan fingerprint density at radius 2 is 1.91 bits per heavy atom. The van der Waals surface area contributed by atoms with Crippen LogP contribution >= 0.6 is 0 Å². The lowest BCUT2D eigenvalue weighted by Crippen LogP contribution is -2.46. The van der Waals surface area contributed by atoms with Crippen molar-refractivity contribution in [1.29, 1.82) is 0 Å². The number of aliphatic hydroxyl groups is 1. The molecule has 3 aromatic rings. The molecular formula is C25H24F2N4O2. The maximum absolute atomic E-state index is 13.9. The summed E-state index contributed by atoms with van der Waals surface area (Å²) in [6, 6.07) is 9.01. The number of aryl methyl sites for hydroxylation is 1. The molecule has 2 heterocycles. The average Bonchev–Trinajstić information content (AvgIpc) is 3.36. The van der Waals surface area contributed by atoms with Crippen molar-refractivity contribution < 1.29 is 18.6 Å². The van der Waals surface area contributed by atoms with Gasteiger partial charge >= 0.3 is 0 Å². The smallest absolute Gasteiger partial charge is 0.177 e. The summed E-state index contributed by atoms with van der Waals surface area (Å²) in [5.74, 6) is 5.92. The predicted molar refractivity (Wildman–Crippen MR) is 122 cm³/mol. The summed E-state index contributed by atoms with van der Waals surface area (Å²) < 4.78 is 35.1. The van der Waals surface area contributed by atoms with E-state index in [1.54, 1.807) is 18.3 Å². The van der Waals surface area contributed by atoms with Gasteiger partial charge in [0, 0.05) is 24.4 Å². The van der Waals surface area contributed by atoms with Gasteiger partial charge in [0.15, 0.2) is 5.84 Å². The molecule has 170 valence electrons. The highest BCUT2D eigenvalue weighted by Gasteiger charge is 2.40. The first-order valence-electron chi connectivity index (χ1n) is 10.4. The molecule has 0 fully saturated rings. The Hall–Kier alpha value is -3.70. The number of rotatable bonds is 5. The van der Waals surface area contributed by atoms with Crippen molar-refractivity contribution in [1.82, 2.24) is 14.5 Å². The van der Waals surface area contributed by atoms with Gasteiger partial charge in [0.1, 0.15) is 17.4 Å². The standard InChI is InChI=1S/C25H24F2N4O2/c1-17-14-30(16-29-17)22-6-4-18(10-23(22)33-3)5-7-24-28-15-25(2,31(24)8-9-32)19-11-20(26)13-21(27)12-19/h4,6,10-14,16,32H,8-9,15H2,1-3H3. The van der Waals surface area contributed by atoms with Crippen molar-refractivity contribution in [2.45, 2.75) is 19.4 Å². The van der Waals surface area contributed by atoms with E-state index in [1.165, 1.54) is 12.1 Å². The molecule has 1 N–H and O–H groups in total. The number of hydrogen-bond acceptors (Lipinski definition) is 5. The fraction of sp³-hybridized carbons (Fsp3) is 0.280. The molecule has 0 saturated carbocycles. The second-order valence-electron chi connectivity index (χ2n) is 8.01. The summed E-state index contributed by atoms with van der Waals surface area (Å²) in [6.45, 7) is 4.09. The summed E-state index contributed by atoms with van der Waals surface area (Å²) in [6.07, 6.45) is 3.62. The van der Waals surface area contributed by atoms with Gasteiger partial charge in [0.25, 0.3) is 0 Å². The molecule has 8 heteroatoms. The van der Waals surface area contributed by atoms with E-state index in [9.17, 15) is 13.9 Å². The topological polar surface area (TPSA) is 62.9 Å². The van der Waals surface area contributed by atoms with Crippen LogP contribution in [0.15, 0.2) is 53.9 Å². The lowest BCUT2D eigenvalue weighted by atomic mass is 9.90. The van der Waals surface area contributed by atoms with E-state index in [4.69, 9.17) is 4.74 Å². The molecule has 4 rings (SSSR count). The quantitative estimate of drug-likeness (QED) is 0.605. The average molecular weight is 450 g/mol. The minimum atomic E-state index is -0.823. The third kappa shape index (κ3) is 4.45. The van der Waals surface area contributed by atoms with Crippen LogP contribution in [-0.2, 0) is 5.54 Å². The molecular weight excluding hydrogens is 426 g/mol. The Bertz CT molecular complexity index is 1250. The number of nitrogens with zero attached hydrogens (tertiary/aromatic N) is 4. The molecule has 0 radical (unpaired) electrons. The first kappa shape index (κ1) is 22.5. The maximum atomic E-state index is 13.9. The summed E-state index contributed by atoms with van der Waals surface area (Å²) in [4.78, 5) is 10.6. The lowest BCUT2D eigenvalue weighted by Gasteiger charge is -2.36. The van der Waals surface area contributed by atoms with E-state index < -0.39 is 17.2 Å². The summed E-state index contributed by atoms with van der Waals surface area (Å²) in [7, 11) is 1.59. The molecule has 6 nitrogen and oxygen atoms in total. The first-order valence-corrected chi connectivity index (χ1v) is 10.4. The first-order chi connectivity index (χ1) is 15.8. The highest BCUT2D eigenvalue weighted by Crippen LogP contribution is 2.34. The SMILES string of the molecule is COc1cc(C#CC2=NCC(C)(c3cc(F)cc(F)c3)N2CCO)ccc1-n1cnc(C)c1. The molecule has 1 unspecified atom stereocenters. The van der Waals surface area contributed by atoms with Gasteiger partial charge in [-0.15, -0.1) is 0 Å². The predicted octanol–water partition coefficient (Wildman–Crippen LogP) is 3.44. The van der Waals surface area contributed by atoms with Crippen LogP contribution in [0.3, 0.4) is 0 Å². The molecule has 33 heavy (non-hydrogen) atoms. The summed E-state index contributed by atoms with van der Waals surface area (Å²) in [5.41, 5.74) is 2.06. The maximum Gasteiger partial charge on any atom is 0.177 e. The van der Waals surface area contributed by atoms with Crippen LogP contribution in [0.4, 0.5) is 8.78 Å². The van der Waals surface area contributed by atoms with Crippen molar-refractivity contribution >= 4 is 5.84 Å². The number of ether oxygens (including phenoxy) is 1. The van der Waals surface area contributed by atoms with Gasteiger partial charge in [0.2, 0.25) is 0 Å². The highest BCUT2D eigenvalue weighted by molar-refractivity contribution is 6.00. The van der Waals surface area contributed by atoms with E-state index in [2.05, 4.69) is 21.8 Å². The number of methoxy groups -OCH3 is 1. The van der Waals surface area contributed by atoms with Crippen molar-refractivity contribution in [2.75, 3.05) is 26.8 Å². The molecule has 0 aliphatic carbocycles. The molecule has 2 aromatic carbocycles. The largest absolute Gasteiger partial charge is 0.495 e. The molecule has 0 spiro atoms. The number of β-amino-alcohol motifs (C(OH)–C–C–N with tert-alkyl or cyclic N) is 1. The van der Waals surface area contributed by atoms with Crippen molar-refractivity contribution in [3.63, 3.8) is 0 Å². The Kier molecular flexibility index (Phi) is 6.16. The minimum absolute atomic E-state index is 0.152. The van der Waals surface area contributed by atoms with Crippen LogP contribution in [0, 0.1) is 30.4 Å². The zero-order valence-corrected chi connectivity index (χ0v) is 18.6. The molecule has 0 bridgehead atoms. The van der Waals surface area contributed by atoms with Crippen molar-refractivity contribution in [3.8, 4) is 23.3 Å². The second-order valence-corrected chi connectivity index (χ2v) is 8.01. The Morgan fingerprint density at radius 1 is 1.15 bits per heavy atom. The van der Waals surface area contributed by atoms with E-state index in [0.29, 0.717) is 22.7 Å². The zero-order chi connectivity index (χ0) is 23.6. The number of aromatic nitrogens is 2. The van der Waals surface area contributed by atoms with E-state index in [-0.39, 0.29) is 19.7 Å². The van der Waals surface area contributed by atoms with Crippen LogP contribution in [-0.4, -0.2) is 52.2 Å². The van der Waals surface area contributed by atoms with Gasteiger partial charge in [0.05, 0.1) is 43.5 Å². The molecule has 1 aliphatic rings. The second kappa shape index (κ2) is 9.04. The van der Waals surface area contributed by atoms with Crippen LogP contribution in [0.1, 0.15) is 23.7 Å². The number of aliphatic hydroxyl groups excluding tert-OH is 1. The normalized spacial score (nSPS) is 17.5. The summed E-state index contributed by atoms with van der Waals surface area (Å²) >= 11 is 0. The number of imidazole rings is 1. The molecule has 0 saturated heterocycles. The zero-order valence-electron chi connectivity index (χ0n) is 18.6. The van der Waals surface area contributed by atoms with Crippen LogP contribution in [0.2, 0.25) is 0 Å². The van der Waals surface area contributed by atoms with Crippen LogP contribution < -0.4 is 4.74 Å². The Balaban J connectivity index is 1.64. The van der Waals surface area contributed by atoms with E-state index in [1.807, 2.05) is 42.8 Å². The molecule has 1 atom stereocenters. The van der Waals surface area contributed by atoms with Crippen LogP contribution in [0.5, 0.6) is 5.75 Å². The van der Waals surface area contributed by atoms with Gasteiger partial charge in [-0.2, -0.15) is 0 Å². The number of halogens is 2. The van der Waals surface area contributed by atoms with Gasteiger partial charge in [-0.05, 0) is 55.7 Å². The molecule has 1 aliphatic heterocycles. The van der Waals surface area contributed by atoms with Crippen molar-refractivity contribution in [2.24, 2.45) is 4.99 Å². The van der Waals surface area contributed by atoms with Crippen molar-refractivity contribution in [3.05, 3.63) is 77.4 Å². The van der Waals surface area contributed by atoms with Gasteiger partial charge in [-0.1, -0.05) is 5.92 Å². The van der Waals surface area contributed by atoms with E-state index >= 15 is 0 Å². The van der Waals surface area contributed by atoms with E-state index in [0.717, 1.165) is 17.4 Å². The minimum Gasteiger partial charge on any atom is -0.495 e. The summed E-state index contributed by atoms with van der Waals surface area (Å²) in [5, 5.41) is 9.61. The number of hydrogen-bond donors (Lipinski definition) is 1. The third-order valence-electron chi connectivity index (χ3n) is 5.68. The van der Waals surface area contributed by atoms with Gasteiger partial charge in [-0.3, -0.25) is 4.99 Å². The monoisotopic (exact) mass is 450 g/mol. The van der Waals surface area contributed by atoms with Gasteiger partial charge < -0.3 is 19.3 Å². The highest BCUT2D eigenvalue weighted by atomic mass is 19.1.